The predicted molar refractivity (Wildman–Crippen MR) is 151 cm³/mol. The second-order valence-corrected chi connectivity index (χ2v) is 11.6. The predicted octanol–water partition coefficient (Wildman–Crippen LogP) is 4.01. The maximum atomic E-state index is 14.1. The Kier molecular flexibility index (Phi) is 9.13. The first-order chi connectivity index (χ1) is 19.0. The van der Waals surface area contributed by atoms with Gasteiger partial charge in [0.15, 0.2) is 0 Å². The molecule has 3 heterocycles. The standard InChI is InChI=1S/C29H35FN4O4S/c30-21-18-25-27(31-19-21)33(24-12-16-39-17-13-24)29(37)34(28(25)36)23-8-6-22(7-9-23)32-26(35)11-15-38-14-10-20-4-2-1-3-5-20/h1-5,18-19,22-24H,6-17H2,(H,32,35). The lowest BCUT2D eigenvalue weighted by Crippen LogP contribution is -2.46. The number of amides is 1. The maximum Gasteiger partial charge on any atom is 0.333 e. The van der Waals surface area contributed by atoms with Gasteiger partial charge in [-0.15, -0.1) is 0 Å². The fraction of sp³-hybridized carbons (Fsp3) is 0.517. The molecule has 1 saturated heterocycles. The Morgan fingerprint density at radius 2 is 1.72 bits per heavy atom. The van der Waals surface area contributed by atoms with Crippen LogP contribution in [0.2, 0.25) is 0 Å². The number of benzene rings is 1. The first-order valence-corrected chi connectivity index (χ1v) is 15.0. The Hall–Kier alpha value is -2.98. The molecule has 208 valence electrons. The Morgan fingerprint density at radius 3 is 2.46 bits per heavy atom. The minimum absolute atomic E-state index is 0.00840. The number of halogens is 1. The van der Waals surface area contributed by atoms with Gasteiger partial charge in [0.25, 0.3) is 5.56 Å². The molecule has 0 atom stereocenters. The molecule has 3 aromatic rings. The van der Waals surface area contributed by atoms with Crippen molar-refractivity contribution in [1.82, 2.24) is 19.4 Å². The zero-order chi connectivity index (χ0) is 27.2. The number of hydrogen-bond acceptors (Lipinski definition) is 6. The molecule has 1 N–H and O–H groups in total. The van der Waals surface area contributed by atoms with E-state index in [1.165, 1.54) is 16.2 Å². The second kappa shape index (κ2) is 12.9. The number of rotatable bonds is 9. The summed E-state index contributed by atoms with van der Waals surface area (Å²) < 4.78 is 22.7. The van der Waals surface area contributed by atoms with Crippen molar-refractivity contribution in [3.8, 4) is 0 Å². The minimum atomic E-state index is -0.592. The highest BCUT2D eigenvalue weighted by atomic mass is 32.2. The first kappa shape index (κ1) is 27.6. The van der Waals surface area contributed by atoms with Gasteiger partial charge in [-0.2, -0.15) is 11.8 Å². The molecule has 0 spiro atoms. The van der Waals surface area contributed by atoms with Gasteiger partial charge >= 0.3 is 5.69 Å². The largest absolute Gasteiger partial charge is 0.381 e. The lowest BCUT2D eigenvalue weighted by Gasteiger charge is -2.31. The maximum absolute atomic E-state index is 14.1. The number of pyridine rings is 1. The first-order valence-electron chi connectivity index (χ1n) is 13.8. The molecule has 0 bridgehead atoms. The van der Waals surface area contributed by atoms with Crippen LogP contribution in [0.5, 0.6) is 0 Å². The van der Waals surface area contributed by atoms with Crippen LogP contribution in [0.3, 0.4) is 0 Å². The second-order valence-electron chi connectivity index (χ2n) is 10.4. The summed E-state index contributed by atoms with van der Waals surface area (Å²) >= 11 is 1.85. The monoisotopic (exact) mass is 554 g/mol. The molecule has 8 nitrogen and oxygen atoms in total. The third-order valence-electron chi connectivity index (χ3n) is 7.76. The molecule has 0 radical (unpaired) electrons. The summed E-state index contributed by atoms with van der Waals surface area (Å²) in [6.07, 6.45) is 6.30. The van der Waals surface area contributed by atoms with E-state index in [0.717, 1.165) is 37.0 Å². The van der Waals surface area contributed by atoms with Gasteiger partial charge in [-0.05, 0) is 68.1 Å². The Balaban J connectivity index is 1.20. The lowest BCUT2D eigenvalue weighted by molar-refractivity contribution is -0.123. The van der Waals surface area contributed by atoms with E-state index in [9.17, 15) is 18.8 Å². The van der Waals surface area contributed by atoms with Gasteiger partial charge in [0.1, 0.15) is 11.5 Å². The number of carbonyl (C=O) groups excluding carboxylic acids is 1. The molecule has 1 aliphatic carbocycles. The number of fused-ring (bicyclic) bond motifs is 1. The molecular formula is C29H35FN4O4S. The SMILES string of the molecule is O=C(CCOCCc1ccccc1)NC1CCC(n2c(=O)c3cc(F)cnc3n(C3CCSCC3)c2=O)CC1. The minimum Gasteiger partial charge on any atom is -0.381 e. The molecule has 1 amide bonds. The summed E-state index contributed by atoms with van der Waals surface area (Å²) in [6, 6.07) is 10.9. The quantitative estimate of drug-likeness (QED) is 0.402. The number of nitrogens with zero attached hydrogens (tertiary/aromatic N) is 3. The van der Waals surface area contributed by atoms with Gasteiger partial charge in [-0.25, -0.2) is 14.2 Å². The molecule has 2 fully saturated rings. The van der Waals surface area contributed by atoms with Crippen LogP contribution in [-0.2, 0) is 16.0 Å². The van der Waals surface area contributed by atoms with E-state index in [1.807, 2.05) is 30.0 Å². The smallest absolute Gasteiger partial charge is 0.333 e. The summed E-state index contributed by atoms with van der Waals surface area (Å²) in [5, 5.41) is 3.23. The molecule has 0 unspecified atom stereocenters. The third-order valence-corrected chi connectivity index (χ3v) is 8.81. The van der Waals surface area contributed by atoms with Crippen molar-refractivity contribution in [1.29, 1.82) is 0 Å². The average molecular weight is 555 g/mol. The van der Waals surface area contributed by atoms with Crippen LogP contribution < -0.4 is 16.6 Å². The highest BCUT2D eigenvalue weighted by molar-refractivity contribution is 7.99. The third kappa shape index (κ3) is 6.61. The highest BCUT2D eigenvalue weighted by Crippen LogP contribution is 2.30. The number of hydrogen-bond donors (Lipinski definition) is 1. The van der Waals surface area contributed by atoms with Crippen LogP contribution in [0.1, 0.15) is 62.6 Å². The lowest BCUT2D eigenvalue weighted by atomic mass is 9.90. The van der Waals surface area contributed by atoms with Crippen molar-refractivity contribution in [2.45, 2.75) is 69.5 Å². The molecule has 2 aromatic heterocycles. The Bertz CT molecular complexity index is 1400. The van der Waals surface area contributed by atoms with Gasteiger partial charge in [0, 0.05) is 24.5 Å². The molecular weight excluding hydrogens is 519 g/mol. The van der Waals surface area contributed by atoms with Crippen LogP contribution in [0.4, 0.5) is 4.39 Å². The molecule has 5 rings (SSSR count). The molecule has 39 heavy (non-hydrogen) atoms. The number of aromatic nitrogens is 3. The van der Waals surface area contributed by atoms with Gasteiger partial charge in [0.2, 0.25) is 5.91 Å². The van der Waals surface area contributed by atoms with Crippen LogP contribution in [0, 0.1) is 5.82 Å². The normalized spacial score (nSPS) is 20.2. The fourth-order valence-corrected chi connectivity index (χ4v) is 6.76. The Morgan fingerprint density at radius 1 is 1.00 bits per heavy atom. The van der Waals surface area contributed by atoms with E-state index in [1.54, 1.807) is 4.57 Å². The van der Waals surface area contributed by atoms with E-state index in [4.69, 9.17) is 4.74 Å². The van der Waals surface area contributed by atoms with E-state index in [2.05, 4.69) is 22.4 Å². The van der Waals surface area contributed by atoms with Crippen molar-refractivity contribution in [3.05, 3.63) is 74.8 Å². The van der Waals surface area contributed by atoms with Crippen molar-refractivity contribution in [3.63, 3.8) is 0 Å². The van der Waals surface area contributed by atoms with Crippen molar-refractivity contribution in [2.24, 2.45) is 0 Å². The Labute approximate surface area is 231 Å². The van der Waals surface area contributed by atoms with Crippen LogP contribution in [0.15, 0.2) is 52.2 Å². The van der Waals surface area contributed by atoms with Crippen molar-refractivity contribution < 1.29 is 13.9 Å². The number of nitrogens with one attached hydrogen (secondary N) is 1. The summed E-state index contributed by atoms with van der Waals surface area (Å²) in [7, 11) is 0. The summed E-state index contributed by atoms with van der Waals surface area (Å²) in [5.74, 6) is 1.22. The summed E-state index contributed by atoms with van der Waals surface area (Å²) in [5.41, 5.74) is 0.633. The zero-order valence-electron chi connectivity index (χ0n) is 22.0. The van der Waals surface area contributed by atoms with Crippen molar-refractivity contribution >= 4 is 28.7 Å². The van der Waals surface area contributed by atoms with E-state index >= 15 is 0 Å². The fourth-order valence-electron chi connectivity index (χ4n) is 5.68. The molecule has 1 saturated carbocycles. The van der Waals surface area contributed by atoms with E-state index in [-0.39, 0.29) is 40.8 Å². The molecule has 2 aliphatic rings. The highest BCUT2D eigenvalue weighted by Gasteiger charge is 2.29. The van der Waals surface area contributed by atoms with Crippen molar-refractivity contribution in [2.75, 3.05) is 24.7 Å². The van der Waals surface area contributed by atoms with Crippen LogP contribution in [-0.4, -0.2) is 50.8 Å². The zero-order valence-corrected chi connectivity index (χ0v) is 22.8. The number of ether oxygens (including phenoxy) is 1. The molecule has 1 aromatic carbocycles. The van der Waals surface area contributed by atoms with Crippen LogP contribution >= 0.6 is 11.8 Å². The average Bonchev–Trinajstić information content (AvgIpc) is 2.95. The van der Waals surface area contributed by atoms with Gasteiger partial charge in [0.05, 0.1) is 24.8 Å². The van der Waals surface area contributed by atoms with E-state index < -0.39 is 11.4 Å². The topological polar surface area (TPSA) is 95.2 Å². The van der Waals surface area contributed by atoms with Gasteiger partial charge in [-0.1, -0.05) is 30.3 Å². The summed E-state index contributed by atoms with van der Waals surface area (Å²) in [4.78, 5) is 43.8. The number of thioether (sulfide) groups is 1. The van der Waals surface area contributed by atoms with Gasteiger partial charge < -0.3 is 10.1 Å². The molecule has 10 heteroatoms. The molecule has 1 aliphatic heterocycles. The van der Waals surface area contributed by atoms with E-state index in [0.29, 0.717) is 45.3 Å². The summed E-state index contributed by atoms with van der Waals surface area (Å²) in [6.45, 7) is 0.934. The van der Waals surface area contributed by atoms with Crippen LogP contribution in [0.25, 0.3) is 11.0 Å². The number of carbonyl (C=O) groups is 1. The van der Waals surface area contributed by atoms with Gasteiger partial charge in [-0.3, -0.25) is 18.7 Å².